The highest BCUT2D eigenvalue weighted by atomic mass is 79.9. The molecule has 0 amide bonds. The highest BCUT2D eigenvalue weighted by Crippen LogP contribution is 2.26. The standard InChI is InChI=1S/C8H13BrF2O5S/c1-7(2,3-4-9)5-16-6(12)8(10,11)17(13,14)15/h3-5H2,1-2H3,(H,13,14,15). The second kappa shape index (κ2) is 5.57. The van der Waals surface area contributed by atoms with Crippen LogP contribution in [0.5, 0.6) is 0 Å². The first-order chi connectivity index (χ1) is 7.44. The van der Waals surface area contributed by atoms with Crippen molar-refractivity contribution in [2.45, 2.75) is 25.5 Å². The number of hydrogen-bond acceptors (Lipinski definition) is 4. The van der Waals surface area contributed by atoms with Crippen LogP contribution in [0.25, 0.3) is 0 Å². The molecule has 0 radical (unpaired) electrons. The van der Waals surface area contributed by atoms with E-state index in [1.807, 2.05) is 0 Å². The fourth-order valence-corrected chi connectivity index (χ4v) is 2.12. The average Bonchev–Trinajstić information content (AvgIpc) is 2.12. The molecular weight excluding hydrogens is 326 g/mol. The summed E-state index contributed by atoms with van der Waals surface area (Å²) in [5, 5.41) is -4.36. The van der Waals surface area contributed by atoms with Crippen LogP contribution in [-0.2, 0) is 19.6 Å². The molecule has 0 unspecified atom stereocenters. The van der Waals surface area contributed by atoms with Crippen molar-refractivity contribution < 1.29 is 31.3 Å². The number of carbonyl (C=O) groups excluding carboxylic acids is 1. The third kappa shape index (κ3) is 4.84. The van der Waals surface area contributed by atoms with E-state index in [4.69, 9.17) is 4.55 Å². The van der Waals surface area contributed by atoms with Gasteiger partial charge in [0.25, 0.3) is 0 Å². The van der Waals surface area contributed by atoms with Crippen LogP contribution in [-0.4, -0.2) is 36.1 Å². The summed E-state index contributed by atoms with van der Waals surface area (Å²) in [7, 11) is -5.80. The third-order valence-corrected chi connectivity index (χ3v) is 3.14. The van der Waals surface area contributed by atoms with Gasteiger partial charge in [0.05, 0.1) is 6.61 Å². The second-order valence-electron chi connectivity index (χ2n) is 4.17. The van der Waals surface area contributed by atoms with E-state index < -0.39 is 26.8 Å². The van der Waals surface area contributed by atoms with Crippen molar-refractivity contribution in [3.8, 4) is 0 Å². The Morgan fingerprint density at radius 1 is 1.41 bits per heavy atom. The molecule has 0 aromatic heterocycles. The smallest absolute Gasteiger partial charge is 0.460 e. The maximum atomic E-state index is 12.8. The first-order valence-corrected chi connectivity index (χ1v) is 7.08. The van der Waals surface area contributed by atoms with Crippen molar-refractivity contribution in [2.24, 2.45) is 5.41 Å². The molecule has 0 fully saturated rings. The van der Waals surface area contributed by atoms with Crippen LogP contribution in [0, 0.1) is 5.41 Å². The lowest BCUT2D eigenvalue weighted by atomic mass is 9.92. The lowest BCUT2D eigenvalue weighted by Crippen LogP contribution is -2.40. The molecule has 0 aromatic rings. The van der Waals surface area contributed by atoms with Gasteiger partial charge in [-0.15, -0.1) is 0 Å². The Labute approximate surface area is 106 Å². The van der Waals surface area contributed by atoms with E-state index in [2.05, 4.69) is 20.7 Å². The van der Waals surface area contributed by atoms with Crippen LogP contribution in [0.1, 0.15) is 20.3 Å². The molecule has 0 rings (SSSR count). The largest absolute Gasteiger partial charge is 0.465 e. The van der Waals surface area contributed by atoms with Gasteiger partial charge in [0, 0.05) is 5.33 Å². The number of halogens is 3. The molecule has 5 nitrogen and oxygen atoms in total. The Morgan fingerprint density at radius 2 is 1.88 bits per heavy atom. The van der Waals surface area contributed by atoms with Gasteiger partial charge in [-0.3, -0.25) is 4.55 Å². The van der Waals surface area contributed by atoms with Gasteiger partial charge in [-0.05, 0) is 11.8 Å². The molecule has 0 aromatic carbocycles. The molecule has 0 saturated carbocycles. The summed E-state index contributed by atoms with van der Waals surface area (Å²) in [6.07, 6.45) is 0.539. The molecule has 0 aliphatic carbocycles. The molecule has 0 heterocycles. The van der Waals surface area contributed by atoms with Crippen molar-refractivity contribution in [3.63, 3.8) is 0 Å². The molecule has 0 spiro atoms. The minimum absolute atomic E-state index is 0.372. The fourth-order valence-electron chi connectivity index (χ4n) is 0.778. The second-order valence-corrected chi connectivity index (χ2v) is 6.43. The number of ether oxygens (including phenoxy) is 1. The third-order valence-electron chi connectivity index (χ3n) is 1.93. The molecular formula is C8H13BrF2O5S. The van der Waals surface area contributed by atoms with Crippen LogP contribution in [0.15, 0.2) is 0 Å². The first-order valence-electron chi connectivity index (χ1n) is 4.52. The van der Waals surface area contributed by atoms with Crippen LogP contribution < -0.4 is 0 Å². The summed E-state index contributed by atoms with van der Waals surface area (Å²) >= 11 is 3.14. The van der Waals surface area contributed by atoms with Crippen LogP contribution >= 0.6 is 15.9 Å². The van der Waals surface area contributed by atoms with E-state index in [0.29, 0.717) is 11.8 Å². The Kier molecular flexibility index (Phi) is 5.48. The van der Waals surface area contributed by atoms with Crippen molar-refractivity contribution in [1.82, 2.24) is 0 Å². The Hall–Kier alpha value is -0.280. The van der Waals surface area contributed by atoms with Gasteiger partial charge < -0.3 is 4.74 Å². The summed E-state index contributed by atoms with van der Waals surface area (Å²) < 4.78 is 58.4. The quantitative estimate of drug-likeness (QED) is 0.454. The van der Waals surface area contributed by atoms with E-state index in [0.717, 1.165) is 0 Å². The topological polar surface area (TPSA) is 80.7 Å². The van der Waals surface area contributed by atoms with Gasteiger partial charge in [-0.2, -0.15) is 17.2 Å². The summed E-state index contributed by atoms with van der Waals surface area (Å²) in [5.74, 6) is -2.28. The summed E-state index contributed by atoms with van der Waals surface area (Å²) in [6, 6.07) is 0. The lowest BCUT2D eigenvalue weighted by Gasteiger charge is -2.23. The fraction of sp³-hybridized carbons (Fsp3) is 0.875. The zero-order valence-corrected chi connectivity index (χ0v) is 11.6. The van der Waals surface area contributed by atoms with E-state index in [-0.39, 0.29) is 6.61 Å². The van der Waals surface area contributed by atoms with Gasteiger partial charge in [0.15, 0.2) is 0 Å². The molecule has 0 atom stereocenters. The maximum absolute atomic E-state index is 12.8. The van der Waals surface area contributed by atoms with Crippen LogP contribution in [0.2, 0.25) is 0 Å². The molecule has 0 aliphatic rings. The first kappa shape index (κ1) is 16.7. The van der Waals surface area contributed by atoms with Crippen LogP contribution in [0.4, 0.5) is 8.78 Å². The highest BCUT2D eigenvalue weighted by molar-refractivity contribution is 9.09. The predicted octanol–water partition coefficient (Wildman–Crippen LogP) is 1.82. The average molecular weight is 339 g/mol. The van der Waals surface area contributed by atoms with Gasteiger partial charge in [0.1, 0.15) is 0 Å². The molecule has 0 aliphatic heterocycles. The van der Waals surface area contributed by atoms with Crippen molar-refractivity contribution >= 4 is 32.0 Å². The molecule has 0 saturated heterocycles. The van der Waals surface area contributed by atoms with E-state index >= 15 is 0 Å². The van der Waals surface area contributed by atoms with Gasteiger partial charge in [0.2, 0.25) is 0 Å². The van der Waals surface area contributed by atoms with Crippen molar-refractivity contribution in [1.29, 1.82) is 0 Å². The molecule has 17 heavy (non-hydrogen) atoms. The SMILES string of the molecule is CC(C)(CCBr)COC(=O)C(F)(F)S(=O)(=O)O. The number of rotatable bonds is 6. The van der Waals surface area contributed by atoms with Gasteiger partial charge >= 0.3 is 21.3 Å². The molecule has 102 valence electrons. The van der Waals surface area contributed by atoms with E-state index in [9.17, 15) is 22.0 Å². The zero-order chi connectivity index (χ0) is 13.9. The Balaban J connectivity index is 4.59. The number of hydrogen-bond donors (Lipinski definition) is 1. The normalized spacial score (nSPS) is 13.5. The van der Waals surface area contributed by atoms with Gasteiger partial charge in [-0.25, -0.2) is 4.79 Å². The van der Waals surface area contributed by atoms with Gasteiger partial charge in [-0.1, -0.05) is 29.8 Å². The minimum Gasteiger partial charge on any atom is -0.460 e. The number of alkyl halides is 3. The molecule has 0 bridgehead atoms. The molecule has 1 N–H and O–H groups in total. The lowest BCUT2D eigenvalue weighted by molar-refractivity contribution is -0.164. The maximum Gasteiger partial charge on any atom is 0.465 e. The Morgan fingerprint density at radius 3 is 2.24 bits per heavy atom. The summed E-state index contributed by atoms with van der Waals surface area (Å²) in [4.78, 5) is 10.8. The predicted molar refractivity (Wildman–Crippen MR) is 59.6 cm³/mol. The van der Waals surface area contributed by atoms with Crippen molar-refractivity contribution in [3.05, 3.63) is 0 Å². The summed E-state index contributed by atoms with van der Waals surface area (Å²) in [5.41, 5.74) is -0.575. The van der Waals surface area contributed by atoms with Crippen LogP contribution in [0.3, 0.4) is 0 Å². The minimum atomic E-state index is -5.80. The van der Waals surface area contributed by atoms with Crippen molar-refractivity contribution in [2.75, 3.05) is 11.9 Å². The number of esters is 1. The number of carbonyl (C=O) groups is 1. The monoisotopic (exact) mass is 338 g/mol. The molecule has 9 heteroatoms. The van der Waals surface area contributed by atoms with E-state index in [1.165, 1.54) is 0 Å². The summed E-state index contributed by atoms with van der Waals surface area (Å²) in [6.45, 7) is 2.95. The highest BCUT2D eigenvalue weighted by Gasteiger charge is 2.54. The van der Waals surface area contributed by atoms with E-state index in [1.54, 1.807) is 13.8 Å². The Bertz CT molecular complexity index is 379. The zero-order valence-electron chi connectivity index (χ0n) is 9.24.